The summed E-state index contributed by atoms with van der Waals surface area (Å²) in [5, 5.41) is 0.480. The van der Waals surface area contributed by atoms with E-state index in [2.05, 4.69) is 42.6 Å². The fourth-order valence-corrected chi connectivity index (χ4v) is 4.00. The second kappa shape index (κ2) is 10.4. The first-order chi connectivity index (χ1) is 15.7. The summed E-state index contributed by atoms with van der Waals surface area (Å²) in [4.78, 5) is 36.5. The maximum atomic E-state index is 12.7. The summed E-state index contributed by atoms with van der Waals surface area (Å²) in [5.74, 6) is 1.34. The molecule has 0 atom stereocenters. The van der Waals surface area contributed by atoms with E-state index in [-0.39, 0.29) is 11.2 Å². The van der Waals surface area contributed by atoms with E-state index >= 15 is 0 Å². The lowest BCUT2D eigenvalue weighted by atomic mass is 9.78. The van der Waals surface area contributed by atoms with Crippen LogP contribution in [0.15, 0.2) is 47.3 Å². The molecule has 0 spiro atoms. The molecule has 5 nitrogen and oxygen atoms in total. The molecule has 33 heavy (non-hydrogen) atoms. The van der Waals surface area contributed by atoms with Gasteiger partial charge < -0.3 is 0 Å². The second-order valence-corrected chi connectivity index (χ2v) is 9.52. The number of benzene rings is 2. The van der Waals surface area contributed by atoms with Gasteiger partial charge >= 0.3 is 5.69 Å². The lowest BCUT2D eigenvalue weighted by Crippen LogP contribution is -2.26. The van der Waals surface area contributed by atoms with Gasteiger partial charge in [-0.2, -0.15) is 4.98 Å². The molecule has 0 radical (unpaired) electrons. The van der Waals surface area contributed by atoms with Crippen molar-refractivity contribution in [2.45, 2.75) is 66.2 Å². The highest BCUT2D eigenvalue weighted by molar-refractivity contribution is 6.33. The Morgan fingerprint density at radius 1 is 1.09 bits per heavy atom. The van der Waals surface area contributed by atoms with Gasteiger partial charge in [-0.05, 0) is 54.5 Å². The third kappa shape index (κ3) is 5.77. The topological polar surface area (TPSA) is 75.7 Å². The van der Waals surface area contributed by atoms with Crippen LogP contribution in [0, 0.1) is 5.41 Å². The number of carbonyl (C=O) groups excluding carboxylic acids is 1. The highest BCUT2D eigenvalue weighted by atomic mass is 35.5. The number of rotatable bonds is 9. The summed E-state index contributed by atoms with van der Waals surface area (Å²) in [7, 11) is 0. The average Bonchev–Trinajstić information content (AvgIpc) is 2.82. The number of aromatic amines is 1. The van der Waals surface area contributed by atoms with Crippen molar-refractivity contribution < 1.29 is 4.79 Å². The molecule has 0 amide bonds. The van der Waals surface area contributed by atoms with Crippen molar-refractivity contribution >= 4 is 17.4 Å². The van der Waals surface area contributed by atoms with Gasteiger partial charge in [0.25, 0.3) is 0 Å². The van der Waals surface area contributed by atoms with Gasteiger partial charge in [0.05, 0.1) is 5.02 Å². The molecule has 1 aromatic heterocycles. The Balaban J connectivity index is 1.93. The molecule has 3 rings (SSSR count). The highest BCUT2D eigenvalue weighted by Gasteiger charge is 2.28. The maximum Gasteiger partial charge on any atom is 0.348 e. The number of nitrogens with zero attached hydrogens (tertiary/aromatic N) is 2. The molecule has 0 aliphatic rings. The molecular weight excluding hydrogens is 434 g/mol. The van der Waals surface area contributed by atoms with Crippen molar-refractivity contribution in [1.82, 2.24) is 15.0 Å². The minimum Gasteiger partial charge on any atom is -0.299 e. The molecule has 174 valence electrons. The third-order valence-corrected chi connectivity index (χ3v) is 6.95. The van der Waals surface area contributed by atoms with Crippen molar-refractivity contribution in [2.24, 2.45) is 5.41 Å². The second-order valence-electron chi connectivity index (χ2n) is 9.11. The van der Waals surface area contributed by atoms with Gasteiger partial charge in [0.1, 0.15) is 11.6 Å². The molecule has 6 heteroatoms. The van der Waals surface area contributed by atoms with E-state index in [1.807, 2.05) is 43.3 Å². The SMILES string of the molecule is CCC(C)(CC)C(=O)CCc1ccc(Cl)c(-c2nc(-c3cccc(C(C)C)c3)nc(=O)[nH]2)c1. The fourth-order valence-electron chi connectivity index (χ4n) is 3.79. The molecule has 1 heterocycles. The fraction of sp³-hybridized carbons (Fsp3) is 0.407. The minimum absolute atomic E-state index is 0.270. The van der Waals surface area contributed by atoms with Crippen LogP contribution in [0.2, 0.25) is 5.02 Å². The Kier molecular flexibility index (Phi) is 7.85. The molecule has 0 saturated carbocycles. The zero-order valence-corrected chi connectivity index (χ0v) is 20.8. The third-order valence-electron chi connectivity index (χ3n) is 6.62. The summed E-state index contributed by atoms with van der Waals surface area (Å²) in [6.07, 6.45) is 2.73. The van der Waals surface area contributed by atoms with Crippen LogP contribution in [-0.4, -0.2) is 20.7 Å². The Bertz CT molecular complexity index is 1200. The lowest BCUT2D eigenvalue weighted by Gasteiger charge is -2.24. The number of ketones is 1. The highest BCUT2D eigenvalue weighted by Crippen LogP contribution is 2.31. The number of hydrogen-bond acceptors (Lipinski definition) is 4. The molecule has 1 N–H and O–H groups in total. The predicted octanol–water partition coefficient (Wildman–Crippen LogP) is 6.60. The molecule has 2 aromatic carbocycles. The number of aryl methyl sites for hydroxylation is 1. The smallest absolute Gasteiger partial charge is 0.299 e. The number of nitrogens with one attached hydrogen (secondary N) is 1. The predicted molar refractivity (Wildman–Crippen MR) is 135 cm³/mol. The zero-order chi connectivity index (χ0) is 24.2. The van der Waals surface area contributed by atoms with Gasteiger partial charge in [-0.25, -0.2) is 9.78 Å². The molecule has 0 bridgehead atoms. The van der Waals surface area contributed by atoms with Crippen LogP contribution in [-0.2, 0) is 11.2 Å². The van der Waals surface area contributed by atoms with Gasteiger partial charge in [0, 0.05) is 23.0 Å². The Morgan fingerprint density at radius 3 is 2.48 bits per heavy atom. The van der Waals surface area contributed by atoms with E-state index in [0.29, 0.717) is 41.0 Å². The summed E-state index contributed by atoms with van der Waals surface area (Å²) in [5.41, 5.74) is 2.75. The molecule has 3 aromatic rings. The standard InChI is InChI=1S/C27H32ClN3O2/c1-6-27(5,7-2)23(32)14-12-18-11-13-22(28)21(15-18)25-29-24(30-26(33)31-25)20-10-8-9-19(16-20)17(3)4/h8-11,13,15-17H,6-7,12,14H2,1-5H3,(H,29,30,31,33). The van der Waals surface area contributed by atoms with Crippen LogP contribution in [0.3, 0.4) is 0 Å². The van der Waals surface area contributed by atoms with Crippen LogP contribution >= 0.6 is 11.6 Å². The number of H-pyrrole nitrogens is 1. The first kappa shape index (κ1) is 24.8. The molecule has 0 aliphatic heterocycles. The zero-order valence-electron chi connectivity index (χ0n) is 20.0. The summed E-state index contributed by atoms with van der Waals surface area (Å²) in [6, 6.07) is 13.5. The van der Waals surface area contributed by atoms with Crippen molar-refractivity contribution in [3.05, 3.63) is 69.1 Å². The van der Waals surface area contributed by atoms with Crippen molar-refractivity contribution in [3.63, 3.8) is 0 Å². The monoisotopic (exact) mass is 465 g/mol. The molecule has 0 saturated heterocycles. The minimum atomic E-state index is -0.483. The Hall–Kier alpha value is -2.79. The molecule has 0 aliphatic carbocycles. The number of aromatic nitrogens is 3. The van der Waals surface area contributed by atoms with Gasteiger partial charge in [0.15, 0.2) is 5.82 Å². The molecule has 0 unspecified atom stereocenters. The van der Waals surface area contributed by atoms with Gasteiger partial charge in [0.2, 0.25) is 0 Å². The normalized spacial score (nSPS) is 11.7. The van der Waals surface area contributed by atoms with Crippen LogP contribution in [0.1, 0.15) is 70.9 Å². The van der Waals surface area contributed by atoms with Crippen molar-refractivity contribution in [3.8, 4) is 22.8 Å². The van der Waals surface area contributed by atoms with E-state index in [9.17, 15) is 9.59 Å². The van der Waals surface area contributed by atoms with Gasteiger partial charge in [-0.3, -0.25) is 9.78 Å². The lowest BCUT2D eigenvalue weighted by molar-refractivity contribution is -0.128. The number of halogens is 1. The number of Topliss-reactive ketones (excluding diaryl/α,β-unsaturated/α-hetero) is 1. The number of hydrogen-bond donors (Lipinski definition) is 1. The van der Waals surface area contributed by atoms with Crippen molar-refractivity contribution in [2.75, 3.05) is 0 Å². The van der Waals surface area contributed by atoms with E-state index in [4.69, 9.17) is 11.6 Å². The van der Waals surface area contributed by atoms with Crippen LogP contribution < -0.4 is 5.69 Å². The summed E-state index contributed by atoms with van der Waals surface area (Å²) < 4.78 is 0. The summed E-state index contributed by atoms with van der Waals surface area (Å²) in [6.45, 7) is 10.4. The summed E-state index contributed by atoms with van der Waals surface area (Å²) >= 11 is 6.48. The Labute approximate surface area is 200 Å². The molecule has 0 fully saturated rings. The van der Waals surface area contributed by atoms with Gasteiger partial charge in [-0.15, -0.1) is 0 Å². The van der Waals surface area contributed by atoms with E-state index in [1.54, 1.807) is 6.07 Å². The average molecular weight is 466 g/mol. The van der Waals surface area contributed by atoms with Crippen LogP contribution in [0.25, 0.3) is 22.8 Å². The van der Waals surface area contributed by atoms with Crippen LogP contribution in [0.4, 0.5) is 0 Å². The first-order valence-corrected chi connectivity index (χ1v) is 12.0. The van der Waals surface area contributed by atoms with Gasteiger partial charge in [-0.1, -0.05) is 70.5 Å². The molecular formula is C27H32ClN3O2. The van der Waals surface area contributed by atoms with Crippen molar-refractivity contribution in [1.29, 1.82) is 0 Å². The Morgan fingerprint density at radius 2 is 1.82 bits per heavy atom. The number of carbonyl (C=O) groups is 1. The van der Waals surface area contributed by atoms with Crippen LogP contribution in [0.5, 0.6) is 0 Å². The van der Waals surface area contributed by atoms with E-state index in [0.717, 1.165) is 29.5 Å². The van der Waals surface area contributed by atoms with E-state index < -0.39 is 5.69 Å². The largest absolute Gasteiger partial charge is 0.348 e. The van der Waals surface area contributed by atoms with E-state index in [1.165, 1.54) is 0 Å². The maximum absolute atomic E-state index is 12.7. The quantitative estimate of drug-likeness (QED) is 0.386. The first-order valence-electron chi connectivity index (χ1n) is 11.6.